The van der Waals surface area contributed by atoms with Crippen molar-refractivity contribution < 1.29 is 9.18 Å². The fraction of sp³-hybridized carbons (Fsp3) is 0.562. The van der Waals surface area contributed by atoms with Crippen molar-refractivity contribution in [1.29, 1.82) is 0 Å². The number of nitrogens with one attached hydrogen (secondary N) is 1. The molecule has 1 N–H and O–H groups in total. The van der Waals surface area contributed by atoms with Gasteiger partial charge in [-0.25, -0.2) is 4.39 Å². The molecule has 5 heteroatoms. The van der Waals surface area contributed by atoms with Gasteiger partial charge in [0.05, 0.1) is 0 Å². The Balaban J connectivity index is 1.85. The lowest BCUT2D eigenvalue weighted by Crippen LogP contribution is -2.51. The van der Waals surface area contributed by atoms with Crippen molar-refractivity contribution in [1.82, 2.24) is 10.2 Å². The Morgan fingerprint density at radius 2 is 1.86 bits per heavy atom. The Labute approximate surface area is 125 Å². The van der Waals surface area contributed by atoms with Crippen LogP contribution in [-0.4, -0.2) is 50.1 Å². The summed E-state index contributed by atoms with van der Waals surface area (Å²) in [6, 6.07) is 6.54. The van der Waals surface area contributed by atoms with Gasteiger partial charge in [0.15, 0.2) is 0 Å². The first kappa shape index (κ1) is 15.8. The van der Waals surface area contributed by atoms with Crippen LogP contribution in [0, 0.1) is 11.7 Å². The molecular weight excluding hydrogens is 269 g/mol. The summed E-state index contributed by atoms with van der Waals surface area (Å²) in [5.41, 5.74) is 1.02. The number of carbonyl (C=O) groups is 1. The number of piperazine rings is 1. The molecular formula is C16H24FN3O. The topological polar surface area (TPSA) is 35.6 Å². The average Bonchev–Trinajstić information content (AvgIpc) is 2.53. The summed E-state index contributed by atoms with van der Waals surface area (Å²) in [5.74, 6) is 0.0156. The van der Waals surface area contributed by atoms with E-state index in [0.717, 1.165) is 45.0 Å². The van der Waals surface area contributed by atoms with Gasteiger partial charge in [-0.2, -0.15) is 0 Å². The quantitative estimate of drug-likeness (QED) is 0.898. The minimum Gasteiger partial charge on any atom is -0.368 e. The van der Waals surface area contributed by atoms with Gasteiger partial charge in [0.25, 0.3) is 0 Å². The fourth-order valence-electron chi connectivity index (χ4n) is 2.60. The number of carbonyl (C=O) groups excluding carboxylic acids is 1. The Bertz CT molecular complexity index is 455. The third-order valence-corrected chi connectivity index (χ3v) is 3.91. The van der Waals surface area contributed by atoms with Gasteiger partial charge in [-0.1, -0.05) is 13.8 Å². The van der Waals surface area contributed by atoms with Crippen molar-refractivity contribution >= 4 is 11.6 Å². The molecule has 1 fully saturated rings. The van der Waals surface area contributed by atoms with E-state index in [-0.39, 0.29) is 17.6 Å². The maximum atomic E-state index is 12.9. The average molecular weight is 293 g/mol. The number of amides is 1. The Kier molecular flexibility index (Phi) is 5.56. The number of hydrogen-bond donors (Lipinski definition) is 1. The van der Waals surface area contributed by atoms with Crippen molar-refractivity contribution in [3.05, 3.63) is 30.1 Å². The number of nitrogens with zero attached hydrogens (tertiary/aromatic N) is 2. The van der Waals surface area contributed by atoms with Crippen LogP contribution in [0.4, 0.5) is 10.1 Å². The largest absolute Gasteiger partial charge is 0.368 e. The zero-order valence-electron chi connectivity index (χ0n) is 12.8. The molecule has 1 saturated heterocycles. The van der Waals surface area contributed by atoms with Crippen molar-refractivity contribution in [2.45, 2.75) is 13.8 Å². The van der Waals surface area contributed by atoms with Gasteiger partial charge in [-0.05, 0) is 30.8 Å². The van der Waals surface area contributed by atoms with Crippen molar-refractivity contribution in [2.24, 2.45) is 5.92 Å². The van der Waals surface area contributed by atoms with Crippen molar-refractivity contribution in [3.63, 3.8) is 0 Å². The molecule has 2 rings (SSSR count). The molecule has 0 aliphatic carbocycles. The smallest absolute Gasteiger partial charge is 0.226 e. The maximum Gasteiger partial charge on any atom is 0.226 e. The molecule has 1 aliphatic rings. The van der Waals surface area contributed by atoms with E-state index in [2.05, 4.69) is 10.2 Å². The number of rotatable bonds is 5. The predicted molar refractivity (Wildman–Crippen MR) is 82.9 cm³/mol. The van der Waals surface area contributed by atoms with E-state index >= 15 is 0 Å². The van der Waals surface area contributed by atoms with Crippen LogP contribution in [0.5, 0.6) is 0 Å². The van der Waals surface area contributed by atoms with E-state index in [4.69, 9.17) is 0 Å². The van der Waals surface area contributed by atoms with Crippen LogP contribution in [-0.2, 0) is 4.79 Å². The SMILES string of the molecule is CCNCC(C)C(=O)N1CCN(c2ccc(F)cc2)CC1. The zero-order valence-corrected chi connectivity index (χ0v) is 12.8. The molecule has 4 nitrogen and oxygen atoms in total. The number of halogens is 1. The van der Waals surface area contributed by atoms with Gasteiger partial charge in [-0.3, -0.25) is 4.79 Å². The molecule has 1 atom stereocenters. The second-order valence-corrected chi connectivity index (χ2v) is 5.50. The third kappa shape index (κ3) is 4.17. The molecule has 1 heterocycles. The first-order chi connectivity index (χ1) is 10.1. The summed E-state index contributed by atoms with van der Waals surface area (Å²) in [6.45, 7) is 8.68. The first-order valence-corrected chi connectivity index (χ1v) is 7.62. The molecule has 1 aromatic rings. The van der Waals surface area contributed by atoms with Gasteiger partial charge in [0, 0.05) is 44.3 Å². The van der Waals surface area contributed by atoms with Gasteiger partial charge in [0.2, 0.25) is 5.91 Å². The second-order valence-electron chi connectivity index (χ2n) is 5.50. The highest BCUT2D eigenvalue weighted by Crippen LogP contribution is 2.17. The molecule has 0 spiro atoms. The number of hydrogen-bond acceptors (Lipinski definition) is 3. The van der Waals surface area contributed by atoms with Crippen LogP contribution in [0.3, 0.4) is 0 Å². The third-order valence-electron chi connectivity index (χ3n) is 3.91. The summed E-state index contributed by atoms with van der Waals surface area (Å²) in [4.78, 5) is 16.4. The second kappa shape index (κ2) is 7.41. The van der Waals surface area contributed by atoms with E-state index in [1.807, 2.05) is 18.7 Å². The monoisotopic (exact) mass is 293 g/mol. The summed E-state index contributed by atoms with van der Waals surface area (Å²) >= 11 is 0. The van der Waals surface area contributed by atoms with Crippen molar-refractivity contribution in [2.75, 3.05) is 44.2 Å². The highest BCUT2D eigenvalue weighted by atomic mass is 19.1. The van der Waals surface area contributed by atoms with E-state index in [1.165, 1.54) is 12.1 Å². The van der Waals surface area contributed by atoms with Crippen LogP contribution in [0.15, 0.2) is 24.3 Å². The predicted octanol–water partition coefficient (Wildman–Crippen LogP) is 1.72. The van der Waals surface area contributed by atoms with Gasteiger partial charge >= 0.3 is 0 Å². The molecule has 1 unspecified atom stereocenters. The van der Waals surface area contributed by atoms with Crippen LogP contribution in [0.2, 0.25) is 0 Å². The van der Waals surface area contributed by atoms with E-state index in [1.54, 1.807) is 12.1 Å². The normalized spacial score (nSPS) is 16.9. The lowest BCUT2D eigenvalue weighted by atomic mass is 10.1. The van der Waals surface area contributed by atoms with E-state index in [9.17, 15) is 9.18 Å². The zero-order chi connectivity index (χ0) is 15.2. The fourth-order valence-corrected chi connectivity index (χ4v) is 2.60. The van der Waals surface area contributed by atoms with Crippen LogP contribution in [0.25, 0.3) is 0 Å². The van der Waals surface area contributed by atoms with Gasteiger partial charge in [0.1, 0.15) is 5.82 Å². The summed E-state index contributed by atoms with van der Waals surface area (Å²) in [5, 5.41) is 3.21. The summed E-state index contributed by atoms with van der Waals surface area (Å²) < 4.78 is 12.9. The highest BCUT2D eigenvalue weighted by Gasteiger charge is 2.24. The molecule has 1 aromatic carbocycles. The Morgan fingerprint density at radius 3 is 2.43 bits per heavy atom. The number of benzene rings is 1. The minimum absolute atomic E-state index is 0.0160. The summed E-state index contributed by atoms with van der Waals surface area (Å²) in [7, 11) is 0. The van der Waals surface area contributed by atoms with Crippen LogP contribution < -0.4 is 10.2 Å². The molecule has 1 aliphatic heterocycles. The summed E-state index contributed by atoms with van der Waals surface area (Å²) in [6.07, 6.45) is 0. The van der Waals surface area contributed by atoms with Gasteiger partial charge < -0.3 is 15.1 Å². The minimum atomic E-state index is -0.218. The number of anilines is 1. The first-order valence-electron chi connectivity index (χ1n) is 7.62. The molecule has 21 heavy (non-hydrogen) atoms. The van der Waals surface area contributed by atoms with E-state index < -0.39 is 0 Å². The lowest BCUT2D eigenvalue weighted by Gasteiger charge is -2.37. The maximum absolute atomic E-state index is 12.9. The molecule has 1 amide bonds. The Morgan fingerprint density at radius 1 is 1.24 bits per heavy atom. The Hall–Kier alpha value is -1.62. The lowest BCUT2D eigenvalue weighted by molar-refractivity contribution is -0.135. The van der Waals surface area contributed by atoms with Crippen LogP contribution in [0.1, 0.15) is 13.8 Å². The van der Waals surface area contributed by atoms with E-state index in [0.29, 0.717) is 0 Å². The molecule has 0 aromatic heterocycles. The highest BCUT2D eigenvalue weighted by molar-refractivity contribution is 5.79. The molecule has 0 radical (unpaired) electrons. The molecule has 0 saturated carbocycles. The van der Waals surface area contributed by atoms with Gasteiger partial charge in [-0.15, -0.1) is 0 Å². The van der Waals surface area contributed by atoms with Crippen molar-refractivity contribution in [3.8, 4) is 0 Å². The standard InChI is InChI=1S/C16H24FN3O/c1-3-18-12-13(2)16(21)20-10-8-19(9-11-20)15-6-4-14(17)5-7-15/h4-7,13,18H,3,8-12H2,1-2H3. The molecule has 0 bridgehead atoms. The molecule has 116 valence electrons. The van der Waals surface area contributed by atoms with Crippen LogP contribution >= 0.6 is 0 Å².